The van der Waals surface area contributed by atoms with Crippen LogP contribution in [-0.2, 0) is 4.79 Å². The molecule has 0 bridgehead atoms. The van der Waals surface area contributed by atoms with E-state index in [0.29, 0.717) is 19.0 Å². The highest BCUT2D eigenvalue weighted by Crippen LogP contribution is 2.41. The highest BCUT2D eigenvalue weighted by atomic mass is 32.1. The second kappa shape index (κ2) is 7.77. The summed E-state index contributed by atoms with van der Waals surface area (Å²) in [6.45, 7) is 1.18. The van der Waals surface area contributed by atoms with Crippen molar-refractivity contribution in [1.29, 1.82) is 0 Å². The number of thiazole rings is 1. The minimum atomic E-state index is -0.151. The minimum absolute atomic E-state index is 0.0355. The predicted molar refractivity (Wildman–Crippen MR) is 89.1 cm³/mol. The highest BCUT2D eigenvalue weighted by molar-refractivity contribution is 7.09. The topological polar surface area (TPSA) is 83.1 Å². The van der Waals surface area contributed by atoms with E-state index in [4.69, 9.17) is 0 Å². The van der Waals surface area contributed by atoms with Crippen LogP contribution in [-0.4, -0.2) is 30.0 Å². The molecule has 23 heavy (non-hydrogen) atoms. The number of urea groups is 1. The maximum atomic E-state index is 12.0. The van der Waals surface area contributed by atoms with Crippen LogP contribution < -0.4 is 16.0 Å². The normalized spacial score (nSPS) is 18.8. The fourth-order valence-electron chi connectivity index (χ4n) is 2.71. The molecule has 1 atom stereocenters. The third-order valence-corrected chi connectivity index (χ3v) is 5.37. The van der Waals surface area contributed by atoms with Gasteiger partial charge in [0.15, 0.2) is 0 Å². The molecule has 0 spiro atoms. The fourth-order valence-corrected chi connectivity index (χ4v) is 3.49. The van der Waals surface area contributed by atoms with Gasteiger partial charge in [0.05, 0.1) is 6.04 Å². The number of nitrogens with zero attached hydrogens (tertiary/aromatic N) is 1. The van der Waals surface area contributed by atoms with Gasteiger partial charge in [0.25, 0.3) is 0 Å². The Morgan fingerprint density at radius 3 is 2.61 bits per heavy atom. The molecule has 2 aliphatic rings. The standard InChI is InChI=1S/C16H24N4O2S/c21-14(12-3-1-4-12)17-7-2-8-19-16(22)20-13(11-5-6-11)15-18-9-10-23-15/h9-13H,1-8H2,(H,17,21)(H2,19,20,22)/t13-/m0/s1. The monoisotopic (exact) mass is 336 g/mol. The summed E-state index contributed by atoms with van der Waals surface area (Å²) in [5, 5.41) is 11.7. The minimum Gasteiger partial charge on any atom is -0.356 e. The molecular formula is C16H24N4O2S. The molecule has 2 fully saturated rings. The van der Waals surface area contributed by atoms with Gasteiger partial charge in [0, 0.05) is 30.6 Å². The zero-order chi connectivity index (χ0) is 16.1. The third kappa shape index (κ3) is 4.67. The first-order chi connectivity index (χ1) is 11.2. The average Bonchev–Trinajstić information content (AvgIpc) is 3.17. The first-order valence-electron chi connectivity index (χ1n) is 8.45. The van der Waals surface area contributed by atoms with E-state index < -0.39 is 0 Å². The fraction of sp³-hybridized carbons (Fsp3) is 0.688. The average molecular weight is 336 g/mol. The van der Waals surface area contributed by atoms with Gasteiger partial charge in [-0.3, -0.25) is 4.79 Å². The van der Waals surface area contributed by atoms with Gasteiger partial charge in [-0.25, -0.2) is 9.78 Å². The van der Waals surface area contributed by atoms with Crippen LogP contribution in [0.3, 0.4) is 0 Å². The molecule has 3 N–H and O–H groups in total. The number of nitrogens with one attached hydrogen (secondary N) is 3. The molecule has 3 rings (SSSR count). The van der Waals surface area contributed by atoms with Crippen LogP contribution >= 0.6 is 11.3 Å². The lowest BCUT2D eigenvalue weighted by Crippen LogP contribution is -2.40. The van der Waals surface area contributed by atoms with Gasteiger partial charge in [-0.2, -0.15) is 0 Å². The molecule has 0 radical (unpaired) electrons. The summed E-state index contributed by atoms with van der Waals surface area (Å²) in [6.07, 6.45) is 8.03. The van der Waals surface area contributed by atoms with Crippen LogP contribution in [0.1, 0.15) is 49.6 Å². The van der Waals surface area contributed by atoms with Crippen LogP contribution in [0.15, 0.2) is 11.6 Å². The first-order valence-corrected chi connectivity index (χ1v) is 9.33. The molecular weight excluding hydrogens is 312 g/mol. The summed E-state index contributed by atoms with van der Waals surface area (Å²) >= 11 is 1.59. The van der Waals surface area contributed by atoms with Crippen molar-refractivity contribution in [2.75, 3.05) is 13.1 Å². The van der Waals surface area contributed by atoms with Gasteiger partial charge < -0.3 is 16.0 Å². The van der Waals surface area contributed by atoms with Gasteiger partial charge in [-0.1, -0.05) is 6.42 Å². The lowest BCUT2D eigenvalue weighted by Gasteiger charge is -2.24. The van der Waals surface area contributed by atoms with Crippen molar-refractivity contribution in [2.24, 2.45) is 11.8 Å². The second-order valence-electron chi connectivity index (χ2n) is 6.36. The second-order valence-corrected chi connectivity index (χ2v) is 7.28. The molecule has 126 valence electrons. The van der Waals surface area contributed by atoms with Crippen LogP contribution in [0.2, 0.25) is 0 Å². The van der Waals surface area contributed by atoms with Crippen molar-refractivity contribution in [3.05, 3.63) is 16.6 Å². The van der Waals surface area contributed by atoms with E-state index in [-0.39, 0.29) is 23.9 Å². The highest BCUT2D eigenvalue weighted by Gasteiger charge is 2.34. The summed E-state index contributed by atoms with van der Waals surface area (Å²) in [5.41, 5.74) is 0. The van der Waals surface area contributed by atoms with Crippen LogP contribution in [0.5, 0.6) is 0 Å². The molecule has 7 heteroatoms. The smallest absolute Gasteiger partial charge is 0.315 e. The van der Waals surface area contributed by atoms with Crippen molar-refractivity contribution in [3.63, 3.8) is 0 Å². The molecule has 0 aliphatic heterocycles. The summed E-state index contributed by atoms with van der Waals surface area (Å²) in [4.78, 5) is 28.0. The molecule has 2 saturated carbocycles. The zero-order valence-corrected chi connectivity index (χ0v) is 14.0. The van der Waals surface area contributed by atoms with E-state index in [2.05, 4.69) is 20.9 Å². The number of aromatic nitrogens is 1. The van der Waals surface area contributed by atoms with Gasteiger partial charge >= 0.3 is 6.03 Å². The van der Waals surface area contributed by atoms with Crippen LogP contribution in [0, 0.1) is 11.8 Å². The van der Waals surface area contributed by atoms with E-state index in [9.17, 15) is 9.59 Å². The Labute approximate surface area is 140 Å². The Kier molecular flexibility index (Phi) is 5.48. The number of hydrogen-bond acceptors (Lipinski definition) is 4. The van der Waals surface area contributed by atoms with Crippen molar-refractivity contribution in [2.45, 2.75) is 44.6 Å². The maximum Gasteiger partial charge on any atom is 0.315 e. The molecule has 0 saturated heterocycles. The largest absolute Gasteiger partial charge is 0.356 e. The van der Waals surface area contributed by atoms with Crippen molar-refractivity contribution in [1.82, 2.24) is 20.9 Å². The van der Waals surface area contributed by atoms with Gasteiger partial charge in [0.1, 0.15) is 5.01 Å². The number of carbonyl (C=O) groups is 2. The van der Waals surface area contributed by atoms with Crippen molar-refractivity contribution in [3.8, 4) is 0 Å². The summed E-state index contributed by atoms with van der Waals surface area (Å²) in [5.74, 6) is 0.913. The first kappa shape index (κ1) is 16.2. The van der Waals surface area contributed by atoms with Crippen LogP contribution in [0.4, 0.5) is 4.79 Å². The Hall–Kier alpha value is -1.63. The quantitative estimate of drug-likeness (QED) is 0.636. The van der Waals surface area contributed by atoms with Gasteiger partial charge in [-0.05, 0) is 38.0 Å². The van der Waals surface area contributed by atoms with E-state index in [1.165, 1.54) is 6.42 Å². The van der Waals surface area contributed by atoms with Crippen molar-refractivity contribution >= 4 is 23.3 Å². The number of carbonyl (C=O) groups excluding carboxylic acids is 2. The van der Waals surface area contributed by atoms with Gasteiger partial charge in [-0.15, -0.1) is 11.3 Å². The Morgan fingerprint density at radius 2 is 2.00 bits per heavy atom. The summed E-state index contributed by atoms with van der Waals surface area (Å²) in [7, 11) is 0. The SMILES string of the molecule is O=C(NCCCNC(=O)C1CCC1)N[C@H](c1nccs1)C1CC1. The zero-order valence-electron chi connectivity index (χ0n) is 13.2. The molecule has 1 aromatic rings. The maximum absolute atomic E-state index is 12.0. The molecule has 6 nitrogen and oxygen atoms in total. The summed E-state index contributed by atoms with van der Waals surface area (Å²) in [6, 6.07) is -0.115. The van der Waals surface area contributed by atoms with Crippen LogP contribution in [0.25, 0.3) is 0 Å². The van der Waals surface area contributed by atoms with Gasteiger partial charge in [0.2, 0.25) is 5.91 Å². The Bertz CT molecular complexity index is 526. The lowest BCUT2D eigenvalue weighted by atomic mass is 9.85. The van der Waals surface area contributed by atoms with E-state index >= 15 is 0 Å². The molecule has 1 heterocycles. The Morgan fingerprint density at radius 1 is 1.22 bits per heavy atom. The lowest BCUT2D eigenvalue weighted by molar-refractivity contribution is -0.127. The number of hydrogen-bond donors (Lipinski definition) is 3. The molecule has 0 unspecified atom stereocenters. The van der Waals surface area contributed by atoms with E-state index in [0.717, 1.165) is 37.1 Å². The van der Waals surface area contributed by atoms with E-state index in [1.807, 2.05) is 5.38 Å². The Balaban J connectivity index is 1.30. The molecule has 3 amide bonds. The third-order valence-electron chi connectivity index (χ3n) is 4.51. The molecule has 0 aromatic carbocycles. The summed E-state index contributed by atoms with van der Waals surface area (Å²) < 4.78 is 0. The number of rotatable bonds is 8. The molecule has 1 aromatic heterocycles. The predicted octanol–water partition coefficient (Wildman–Crippen LogP) is 2.20. The van der Waals surface area contributed by atoms with E-state index in [1.54, 1.807) is 17.5 Å². The molecule has 2 aliphatic carbocycles. The number of amides is 3. The van der Waals surface area contributed by atoms with Crippen molar-refractivity contribution < 1.29 is 9.59 Å².